The van der Waals surface area contributed by atoms with Crippen LogP contribution in [0, 0.1) is 5.92 Å². The first kappa shape index (κ1) is 12.7. The van der Waals surface area contributed by atoms with Crippen LogP contribution in [0.25, 0.3) is 0 Å². The molecule has 0 atom stereocenters. The molecule has 0 aliphatic heterocycles. The minimum absolute atomic E-state index is 0.0227. The minimum Gasteiger partial charge on any atom is -0.352 e. The molecular formula is C13H20N2O. The van der Waals surface area contributed by atoms with Crippen molar-refractivity contribution in [2.75, 3.05) is 6.54 Å². The average molecular weight is 220 g/mol. The van der Waals surface area contributed by atoms with Gasteiger partial charge in [0.15, 0.2) is 0 Å². The maximum Gasteiger partial charge on any atom is 0.253 e. The molecule has 0 aromatic carbocycles. The Balaban J connectivity index is 2.82. The fraction of sp³-hybridized carbons (Fsp3) is 0.538. The number of hydrogen-bond acceptors (Lipinski definition) is 2. The summed E-state index contributed by atoms with van der Waals surface area (Å²) in [4.78, 5) is 15.9. The Kier molecular flexibility index (Phi) is 4.47. The van der Waals surface area contributed by atoms with Crippen LogP contribution in [0.15, 0.2) is 18.5 Å². The number of pyridine rings is 1. The Bertz CT molecular complexity index is 359. The smallest absolute Gasteiger partial charge is 0.253 e. The topological polar surface area (TPSA) is 42.0 Å². The van der Waals surface area contributed by atoms with E-state index in [0.29, 0.717) is 23.9 Å². The van der Waals surface area contributed by atoms with Gasteiger partial charge in [-0.25, -0.2) is 0 Å². The van der Waals surface area contributed by atoms with Gasteiger partial charge in [-0.1, -0.05) is 27.7 Å². The summed E-state index contributed by atoms with van der Waals surface area (Å²) < 4.78 is 0. The normalized spacial score (nSPS) is 10.9. The first-order chi connectivity index (χ1) is 7.52. The lowest BCUT2D eigenvalue weighted by Crippen LogP contribution is -2.28. The van der Waals surface area contributed by atoms with Crippen molar-refractivity contribution < 1.29 is 4.79 Å². The molecule has 1 aromatic heterocycles. The van der Waals surface area contributed by atoms with Gasteiger partial charge in [-0.3, -0.25) is 9.78 Å². The molecule has 0 unspecified atom stereocenters. The molecule has 1 N–H and O–H groups in total. The predicted octanol–water partition coefficient (Wildman–Crippen LogP) is 2.59. The highest BCUT2D eigenvalue weighted by Gasteiger charge is 2.13. The fourth-order valence-corrected chi connectivity index (χ4v) is 1.49. The summed E-state index contributed by atoms with van der Waals surface area (Å²) in [6.45, 7) is 9.01. The zero-order chi connectivity index (χ0) is 12.1. The molecule has 0 radical (unpaired) electrons. The van der Waals surface area contributed by atoms with E-state index in [1.165, 1.54) is 0 Å². The summed E-state index contributed by atoms with van der Waals surface area (Å²) in [5.41, 5.74) is 1.74. The second kappa shape index (κ2) is 5.64. The summed E-state index contributed by atoms with van der Waals surface area (Å²) in [6, 6.07) is 1.91. The maximum absolute atomic E-state index is 11.9. The van der Waals surface area contributed by atoms with Crippen molar-refractivity contribution in [2.24, 2.45) is 5.92 Å². The van der Waals surface area contributed by atoms with Crippen LogP contribution in [0.2, 0.25) is 0 Å². The number of rotatable bonds is 4. The first-order valence-electron chi connectivity index (χ1n) is 5.74. The summed E-state index contributed by atoms with van der Waals surface area (Å²) in [5, 5.41) is 2.91. The highest BCUT2D eigenvalue weighted by Crippen LogP contribution is 2.17. The summed E-state index contributed by atoms with van der Waals surface area (Å²) >= 11 is 0. The van der Waals surface area contributed by atoms with Crippen LogP contribution in [0.4, 0.5) is 0 Å². The van der Waals surface area contributed by atoms with Crippen molar-refractivity contribution in [1.29, 1.82) is 0 Å². The van der Waals surface area contributed by atoms with Crippen molar-refractivity contribution in [3.63, 3.8) is 0 Å². The van der Waals surface area contributed by atoms with Gasteiger partial charge in [0, 0.05) is 18.9 Å². The van der Waals surface area contributed by atoms with Crippen LogP contribution in [-0.2, 0) is 0 Å². The molecule has 0 fully saturated rings. The van der Waals surface area contributed by atoms with E-state index in [4.69, 9.17) is 0 Å². The predicted molar refractivity (Wildman–Crippen MR) is 65.5 cm³/mol. The van der Waals surface area contributed by atoms with E-state index in [1.54, 1.807) is 12.4 Å². The van der Waals surface area contributed by atoms with Crippen molar-refractivity contribution in [3.05, 3.63) is 29.6 Å². The highest BCUT2D eigenvalue weighted by atomic mass is 16.1. The summed E-state index contributed by atoms with van der Waals surface area (Å²) in [7, 11) is 0. The molecule has 0 spiro atoms. The van der Waals surface area contributed by atoms with Crippen LogP contribution in [-0.4, -0.2) is 17.4 Å². The van der Waals surface area contributed by atoms with E-state index in [9.17, 15) is 4.79 Å². The molecule has 0 aliphatic rings. The van der Waals surface area contributed by atoms with Gasteiger partial charge in [-0.05, 0) is 23.5 Å². The van der Waals surface area contributed by atoms with E-state index in [-0.39, 0.29) is 5.91 Å². The quantitative estimate of drug-likeness (QED) is 0.847. The van der Waals surface area contributed by atoms with E-state index in [1.807, 2.05) is 6.07 Å². The SMILES string of the molecule is CC(C)CNC(=O)c1cnccc1C(C)C. The summed E-state index contributed by atoms with van der Waals surface area (Å²) in [6.07, 6.45) is 3.37. The lowest BCUT2D eigenvalue weighted by molar-refractivity contribution is 0.0947. The van der Waals surface area contributed by atoms with Crippen molar-refractivity contribution >= 4 is 5.91 Å². The largest absolute Gasteiger partial charge is 0.352 e. The molecule has 1 amide bonds. The number of carbonyl (C=O) groups is 1. The highest BCUT2D eigenvalue weighted by molar-refractivity contribution is 5.95. The molecule has 0 bridgehead atoms. The number of nitrogens with one attached hydrogen (secondary N) is 1. The molecule has 3 nitrogen and oxygen atoms in total. The third kappa shape index (κ3) is 3.33. The average Bonchev–Trinajstić information content (AvgIpc) is 2.25. The molecule has 1 aromatic rings. The Hall–Kier alpha value is -1.38. The second-order valence-corrected chi connectivity index (χ2v) is 4.72. The molecule has 0 saturated carbocycles. The molecular weight excluding hydrogens is 200 g/mol. The zero-order valence-corrected chi connectivity index (χ0v) is 10.4. The van der Waals surface area contributed by atoms with Gasteiger partial charge < -0.3 is 5.32 Å². The van der Waals surface area contributed by atoms with Gasteiger partial charge >= 0.3 is 0 Å². The van der Waals surface area contributed by atoms with E-state index in [0.717, 1.165) is 5.56 Å². The third-order valence-corrected chi connectivity index (χ3v) is 2.39. The Labute approximate surface area is 97.3 Å². The van der Waals surface area contributed by atoms with Crippen molar-refractivity contribution in [3.8, 4) is 0 Å². The van der Waals surface area contributed by atoms with Crippen LogP contribution >= 0.6 is 0 Å². The van der Waals surface area contributed by atoms with Gasteiger partial charge in [-0.15, -0.1) is 0 Å². The molecule has 1 rings (SSSR count). The first-order valence-corrected chi connectivity index (χ1v) is 5.74. The van der Waals surface area contributed by atoms with Crippen molar-refractivity contribution in [1.82, 2.24) is 10.3 Å². The van der Waals surface area contributed by atoms with Crippen LogP contribution in [0.5, 0.6) is 0 Å². The Morgan fingerprint density at radius 2 is 2.06 bits per heavy atom. The maximum atomic E-state index is 11.9. The Morgan fingerprint density at radius 1 is 1.38 bits per heavy atom. The summed E-state index contributed by atoms with van der Waals surface area (Å²) in [5.74, 6) is 0.774. The Morgan fingerprint density at radius 3 is 2.62 bits per heavy atom. The zero-order valence-electron chi connectivity index (χ0n) is 10.4. The minimum atomic E-state index is -0.0227. The number of carbonyl (C=O) groups excluding carboxylic acids is 1. The molecule has 0 aliphatic carbocycles. The molecule has 0 saturated heterocycles. The van der Waals surface area contributed by atoms with Crippen LogP contribution in [0.3, 0.4) is 0 Å². The van der Waals surface area contributed by atoms with E-state index >= 15 is 0 Å². The lowest BCUT2D eigenvalue weighted by atomic mass is 9.99. The van der Waals surface area contributed by atoms with Gasteiger partial charge in [0.2, 0.25) is 0 Å². The molecule has 16 heavy (non-hydrogen) atoms. The number of aromatic nitrogens is 1. The second-order valence-electron chi connectivity index (χ2n) is 4.72. The van der Waals surface area contributed by atoms with Crippen LogP contribution < -0.4 is 5.32 Å². The van der Waals surface area contributed by atoms with E-state index < -0.39 is 0 Å². The molecule has 88 valence electrons. The fourth-order valence-electron chi connectivity index (χ4n) is 1.49. The van der Waals surface area contributed by atoms with Gasteiger partial charge in [0.05, 0.1) is 5.56 Å². The standard InChI is InChI=1S/C13H20N2O/c1-9(2)7-15-13(16)12-8-14-6-5-11(12)10(3)4/h5-6,8-10H,7H2,1-4H3,(H,15,16). The lowest BCUT2D eigenvalue weighted by Gasteiger charge is -2.12. The van der Waals surface area contributed by atoms with E-state index in [2.05, 4.69) is 38.0 Å². The molecule has 3 heteroatoms. The van der Waals surface area contributed by atoms with Gasteiger partial charge in [0.25, 0.3) is 5.91 Å². The van der Waals surface area contributed by atoms with Crippen molar-refractivity contribution in [2.45, 2.75) is 33.6 Å². The third-order valence-electron chi connectivity index (χ3n) is 2.39. The van der Waals surface area contributed by atoms with Gasteiger partial charge in [0.1, 0.15) is 0 Å². The molecule has 1 heterocycles. The monoisotopic (exact) mass is 220 g/mol. The van der Waals surface area contributed by atoms with Gasteiger partial charge in [-0.2, -0.15) is 0 Å². The van der Waals surface area contributed by atoms with Crippen LogP contribution in [0.1, 0.15) is 49.5 Å². The number of amides is 1. The number of nitrogens with zero attached hydrogens (tertiary/aromatic N) is 1. The number of hydrogen-bond donors (Lipinski definition) is 1.